The number of rotatable bonds is 4. The van der Waals surface area contributed by atoms with Gasteiger partial charge in [-0.25, -0.2) is 14.1 Å². The molecule has 0 aliphatic carbocycles. The Labute approximate surface area is 179 Å². The molecule has 1 saturated heterocycles. The second kappa shape index (κ2) is 7.91. The summed E-state index contributed by atoms with van der Waals surface area (Å²) in [5.74, 6) is -1.95. The lowest BCUT2D eigenvalue weighted by atomic mass is 10.1. The number of furan rings is 1. The number of nitro groups is 1. The van der Waals surface area contributed by atoms with E-state index in [9.17, 15) is 28.9 Å². The molecule has 1 aromatic heterocycles. The Balaban J connectivity index is 1.69. The number of anilines is 1. The summed E-state index contributed by atoms with van der Waals surface area (Å²) in [6.45, 7) is 1.75. The summed E-state index contributed by atoms with van der Waals surface area (Å²) < 4.78 is 18.9. The van der Waals surface area contributed by atoms with Gasteiger partial charge in [0.05, 0.1) is 10.6 Å². The predicted molar refractivity (Wildman–Crippen MR) is 111 cm³/mol. The second-order valence-corrected chi connectivity index (χ2v) is 6.89. The van der Waals surface area contributed by atoms with E-state index in [1.165, 1.54) is 30.3 Å². The topological polar surface area (TPSA) is 123 Å². The Kier molecular flexibility index (Phi) is 5.11. The number of nitrogens with one attached hydrogen (secondary N) is 1. The molecule has 3 aromatic rings. The lowest BCUT2D eigenvalue weighted by Crippen LogP contribution is -2.54. The number of hydrogen-bond acceptors (Lipinski definition) is 6. The highest BCUT2D eigenvalue weighted by Gasteiger charge is 2.37. The summed E-state index contributed by atoms with van der Waals surface area (Å²) in [7, 11) is 0. The van der Waals surface area contributed by atoms with Crippen molar-refractivity contribution in [2.24, 2.45) is 0 Å². The maximum atomic E-state index is 13.2. The average molecular weight is 435 g/mol. The van der Waals surface area contributed by atoms with Crippen LogP contribution in [0.5, 0.6) is 0 Å². The molecule has 160 valence electrons. The Morgan fingerprint density at radius 1 is 1.06 bits per heavy atom. The van der Waals surface area contributed by atoms with Crippen LogP contribution in [-0.4, -0.2) is 22.8 Å². The third-order valence-electron chi connectivity index (χ3n) is 4.80. The molecule has 0 atom stereocenters. The highest BCUT2D eigenvalue weighted by molar-refractivity contribution is 6.39. The quantitative estimate of drug-likeness (QED) is 0.286. The number of carbonyl (C=O) groups excluding carboxylic acids is 3. The fourth-order valence-corrected chi connectivity index (χ4v) is 3.19. The van der Waals surface area contributed by atoms with E-state index < -0.39 is 28.6 Å². The number of aryl methyl sites for hydroxylation is 1. The first-order chi connectivity index (χ1) is 15.2. The average Bonchev–Trinajstić information content (AvgIpc) is 3.21. The number of benzene rings is 2. The molecule has 2 aromatic carbocycles. The minimum Gasteiger partial charge on any atom is -0.457 e. The summed E-state index contributed by atoms with van der Waals surface area (Å²) in [5.41, 5.74) is 0.803. The molecule has 0 saturated carbocycles. The van der Waals surface area contributed by atoms with Gasteiger partial charge < -0.3 is 4.42 Å². The number of amides is 4. The molecule has 10 heteroatoms. The van der Waals surface area contributed by atoms with Gasteiger partial charge in [0.1, 0.15) is 22.9 Å². The van der Waals surface area contributed by atoms with Crippen molar-refractivity contribution < 1.29 is 28.1 Å². The van der Waals surface area contributed by atoms with Gasteiger partial charge >= 0.3 is 6.03 Å². The molecule has 0 spiro atoms. The summed E-state index contributed by atoms with van der Waals surface area (Å²) in [6, 6.07) is 11.0. The van der Waals surface area contributed by atoms with E-state index in [2.05, 4.69) is 5.32 Å². The SMILES string of the molecule is Cc1ccc([N+](=O)[O-])cc1-c1ccc(/C=C2\C(=O)NC(=O)N(c3ccc(F)cc3)C2=O)o1. The van der Waals surface area contributed by atoms with Crippen molar-refractivity contribution in [3.8, 4) is 11.3 Å². The van der Waals surface area contributed by atoms with Crippen LogP contribution in [0, 0.1) is 22.9 Å². The number of non-ortho nitro benzene ring substituents is 1. The summed E-state index contributed by atoms with van der Waals surface area (Å²) in [5, 5.41) is 13.1. The number of urea groups is 1. The predicted octanol–water partition coefficient (Wildman–Crippen LogP) is 3.97. The van der Waals surface area contributed by atoms with Gasteiger partial charge in [-0.2, -0.15) is 0 Å². The van der Waals surface area contributed by atoms with Gasteiger partial charge in [0, 0.05) is 17.7 Å². The maximum absolute atomic E-state index is 13.2. The zero-order chi connectivity index (χ0) is 23.0. The minimum absolute atomic E-state index is 0.0830. The zero-order valence-electron chi connectivity index (χ0n) is 16.5. The van der Waals surface area contributed by atoms with Gasteiger partial charge in [0.25, 0.3) is 17.5 Å². The third kappa shape index (κ3) is 3.76. The van der Waals surface area contributed by atoms with E-state index in [-0.39, 0.29) is 22.7 Å². The van der Waals surface area contributed by atoms with E-state index in [1.54, 1.807) is 19.1 Å². The second-order valence-electron chi connectivity index (χ2n) is 6.89. The zero-order valence-corrected chi connectivity index (χ0v) is 16.5. The van der Waals surface area contributed by atoms with E-state index in [1.807, 2.05) is 0 Å². The van der Waals surface area contributed by atoms with Gasteiger partial charge in [0.15, 0.2) is 0 Å². The van der Waals surface area contributed by atoms with E-state index >= 15 is 0 Å². The van der Waals surface area contributed by atoms with E-state index in [4.69, 9.17) is 4.42 Å². The largest absolute Gasteiger partial charge is 0.457 e. The Morgan fingerprint density at radius 3 is 2.47 bits per heavy atom. The van der Waals surface area contributed by atoms with Crippen molar-refractivity contribution in [2.45, 2.75) is 6.92 Å². The van der Waals surface area contributed by atoms with E-state index in [0.29, 0.717) is 16.2 Å². The van der Waals surface area contributed by atoms with Crippen LogP contribution in [0.15, 0.2) is 64.6 Å². The number of halogens is 1. The molecule has 32 heavy (non-hydrogen) atoms. The summed E-state index contributed by atoms with van der Waals surface area (Å²) in [6.07, 6.45) is 1.16. The number of hydrogen-bond donors (Lipinski definition) is 1. The molecule has 0 unspecified atom stereocenters. The Hall–Kier alpha value is -4.60. The van der Waals surface area contributed by atoms with Crippen LogP contribution in [0.4, 0.5) is 20.6 Å². The summed E-state index contributed by atoms with van der Waals surface area (Å²) >= 11 is 0. The summed E-state index contributed by atoms with van der Waals surface area (Å²) in [4.78, 5) is 48.6. The fraction of sp³-hybridized carbons (Fsp3) is 0.0455. The lowest BCUT2D eigenvalue weighted by Gasteiger charge is -2.26. The normalized spacial score (nSPS) is 15.2. The molecule has 4 amide bonds. The molecule has 1 aliphatic rings. The molecular formula is C22H14FN3O6. The van der Waals surface area contributed by atoms with Crippen molar-refractivity contribution in [3.63, 3.8) is 0 Å². The third-order valence-corrected chi connectivity index (χ3v) is 4.80. The van der Waals surface area contributed by atoms with Crippen molar-refractivity contribution in [2.75, 3.05) is 4.90 Å². The molecule has 1 N–H and O–H groups in total. The molecule has 2 heterocycles. The van der Waals surface area contributed by atoms with Crippen molar-refractivity contribution in [3.05, 3.63) is 87.4 Å². The van der Waals surface area contributed by atoms with Crippen LogP contribution in [0.3, 0.4) is 0 Å². The number of barbiturate groups is 1. The van der Waals surface area contributed by atoms with Gasteiger partial charge in [-0.3, -0.25) is 25.0 Å². The van der Waals surface area contributed by atoms with Crippen molar-refractivity contribution >= 4 is 35.3 Å². The first kappa shape index (κ1) is 20.7. The molecule has 4 rings (SSSR count). The van der Waals surface area contributed by atoms with Crippen molar-refractivity contribution in [1.29, 1.82) is 0 Å². The highest BCUT2D eigenvalue weighted by atomic mass is 19.1. The number of nitro benzene ring substituents is 1. The lowest BCUT2D eigenvalue weighted by molar-refractivity contribution is -0.384. The van der Waals surface area contributed by atoms with Gasteiger partial charge in [-0.05, 0) is 55.0 Å². The Bertz CT molecular complexity index is 1310. The van der Waals surface area contributed by atoms with Crippen LogP contribution in [0.25, 0.3) is 17.4 Å². The molecular weight excluding hydrogens is 421 g/mol. The van der Waals surface area contributed by atoms with Gasteiger partial charge in [0.2, 0.25) is 0 Å². The van der Waals surface area contributed by atoms with Crippen LogP contribution < -0.4 is 10.2 Å². The maximum Gasteiger partial charge on any atom is 0.335 e. The Morgan fingerprint density at radius 2 is 1.78 bits per heavy atom. The van der Waals surface area contributed by atoms with Crippen LogP contribution >= 0.6 is 0 Å². The van der Waals surface area contributed by atoms with Crippen LogP contribution in [-0.2, 0) is 9.59 Å². The monoisotopic (exact) mass is 435 g/mol. The van der Waals surface area contributed by atoms with E-state index in [0.717, 1.165) is 23.8 Å². The molecule has 0 radical (unpaired) electrons. The van der Waals surface area contributed by atoms with Crippen LogP contribution in [0.1, 0.15) is 11.3 Å². The smallest absolute Gasteiger partial charge is 0.335 e. The first-order valence-electron chi connectivity index (χ1n) is 9.27. The van der Waals surface area contributed by atoms with Crippen molar-refractivity contribution in [1.82, 2.24) is 5.32 Å². The van der Waals surface area contributed by atoms with Gasteiger partial charge in [-0.1, -0.05) is 6.07 Å². The highest BCUT2D eigenvalue weighted by Crippen LogP contribution is 2.30. The fourth-order valence-electron chi connectivity index (χ4n) is 3.19. The standard InChI is InChI=1S/C22H14FN3O6/c1-12-2-5-15(26(30)31)10-17(12)19-9-8-16(32-19)11-18-20(27)24-22(29)25(21(18)28)14-6-3-13(23)4-7-14/h2-11H,1H3,(H,24,27,29)/b18-11+. The minimum atomic E-state index is -0.962. The number of nitrogens with zero attached hydrogens (tertiary/aromatic N) is 2. The first-order valence-corrected chi connectivity index (χ1v) is 9.27. The van der Waals surface area contributed by atoms with Crippen LogP contribution in [0.2, 0.25) is 0 Å². The number of carbonyl (C=O) groups is 3. The number of imide groups is 2. The molecule has 9 nitrogen and oxygen atoms in total. The molecule has 0 bridgehead atoms. The molecule has 1 aliphatic heterocycles. The molecule has 1 fully saturated rings. The van der Waals surface area contributed by atoms with Gasteiger partial charge in [-0.15, -0.1) is 0 Å².